The van der Waals surface area contributed by atoms with Crippen LogP contribution in [-0.2, 0) is 0 Å². The van der Waals surface area contributed by atoms with Gasteiger partial charge in [-0.15, -0.1) is 0 Å². The maximum Gasteiger partial charge on any atom is 0.274 e. The second-order valence-corrected chi connectivity index (χ2v) is 9.60. The van der Waals surface area contributed by atoms with E-state index in [-0.39, 0.29) is 41.1 Å². The molecule has 4 rings (SSSR count). The predicted molar refractivity (Wildman–Crippen MR) is 137 cm³/mol. The first kappa shape index (κ1) is 24.8. The number of amides is 1. The predicted octanol–water partition coefficient (Wildman–Crippen LogP) is 6.19. The van der Waals surface area contributed by atoms with Crippen molar-refractivity contribution in [1.82, 2.24) is 15.8 Å². The average molecular weight is 478 g/mol. The third-order valence-electron chi connectivity index (χ3n) is 6.77. The summed E-state index contributed by atoms with van der Waals surface area (Å²) in [5.74, 6) is -0.133. The zero-order valence-corrected chi connectivity index (χ0v) is 21.1. The van der Waals surface area contributed by atoms with Gasteiger partial charge in [-0.2, -0.15) is 0 Å². The van der Waals surface area contributed by atoms with E-state index < -0.39 is 0 Å². The number of nitrogens with zero attached hydrogens (tertiary/aromatic N) is 1. The Bertz CT molecular complexity index is 1230. The molecule has 0 aliphatic carbocycles. The Balaban J connectivity index is 1.91. The molecule has 2 aromatic carbocycles. The van der Waals surface area contributed by atoms with Crippen molar-refractivity contribution in [3.8, 4) is 33.9 Å². The Morgan fingerprint density at radius 1 is 1.14 bits per heavy atom. The topological polar surface area (TPSA) is 108 Å². The van der Waals surface area contributed by atoms with E-state index in [0.29, 0.717) is 29.0 Å². The van der Waals surface area contributed by atoms with Gasteiger partial charge in [-0.05, 0) is 60.6 Å². The molecule has 0 saturated carbocycles. The normalized spacial score (nSPS) is 17.1. The molecule has 4 N–H and O–H groups in total. The van der Waals surface area contributed by atoms with E-state index in [4.69, 9.17) is 4.52 Å². The van der Waals surface area contributed by atoms with Gasteiger partial charge in [0.25, 0.3) is 5.91 Å². The first-order valence-corrected chi connectivity index (χ1v) is 12.5. The van der Waals surface area contributed by atoms with E-state index in [9.17, 15) is 15.0 Å². The molecule has 186 valence electrons. The van der Waals surface area contributed by atoms with E-state index >= 15 is 0 Å². The summed E-state index contributed by atoms with van der Waals surface area (Å²) in [6, 6.07) is 9.72. The zero-order valence-electron chi connectivity index (χ0n) is 21.1. The Hall–Kier alpha value is -3.32. The lowest BCUT2D eigenvalue weighted by Crippen LogP contribution is -2.23. The van der Waals surface area contributed by atoms with Gasteiger partial charge in [0, 0.05) is 24.7 Å². The molecule has 0 fully saturated rings. The number of fused-ring (bicyclic) bond motifs is 1. The summed E-state index contributed by atoms with van der Waals surface area (Å²) in [4.78, 5) is 12.9. The minimum Gasteiger partial charge on any atom is -0.508 e. The van der Waals surface area contributed by atoms with Crippen molar-refractivity contribution in [3.63, 3.8) is 0 Å². The molecule has 35 heavy (non-hydrogen) atoms. The average Bonchev–Trinajstić information content (AvgIpc) is 3.39. The number of aromatic hydroxyl groups is 2. The molecule has 1 aliphatic heterocycles. The van der Waals surface area contributed by atoms with Gasteiger partial charge in [0.1, 0.15) is 11.5 Å². The summed E-state index contributed by atoms with van der Waals surface area (Å²) in [5, 5.41) is 31.7. The first-order valence-electron chi connectivity index (χ1n) is 12.5. The molecule has 1 amide bonds. The van der Waals surface area contributed by atoms with Gasteiger partial charge < -0.3 is 25.4 Å². The minimum atomic E-state index is -0.339. The van der Waals surface area contributed by atoms with E-state index in [1.807, 2.05) is 26.8 Å². The summed E-state index contributed by atoms with van der Waals surface area (Å²) in [7, 11) is 0. The van der Waals surface area contributed by atoms with Gasteiger partial charge in [0.05, 0.1) is 11.1 Å². The van der Waals surface area contributed by atoms with Gasteiger partial charge in [0.15, 0.2) is 11.5 Å². The maximum absolute atomic E-state index is 12.9. The van der Waals surface area contributed by atoms with E-state index in [0.717, 1.165) is 24.8 Å². The molecule has 1 aromatic heterocycles. The Kier molecular flexibility index (Phi) is 7.17. The molecule has 7 heteroatoms. The Labute approximate surface area is 206 Å². The number of phenolic OH excluding ortho intramolecular Hbond substituents is 2. The number of nitrogens with one attached hydrogen (secondary N) is 2. The van der Waals surface area contributed by atoms with Crippen LogP contribution in [0.4, 0.5) is 0 Å². The highest BCUT2D eigenvalue weighted by Crippen LogP contribution is 2.45. The monoisotopic (exact) mass is 477 g/mol. The number of phenols is 2. The van der Waals surface area contributed by atoms with Crippen LogP contribution in [0, 0.1) is 0 Å². The lowest BCUT2D eigenvalue weighted by Gasteiger charge is -2.14. The van der Waals surface area contributed by atoms with Crippen molar-refractivity contribution >= 4 is 5.91 Å². The van der Waals surface area contributed by atoms with Crippen molar-refractivity contribution in [2.75, 3.05) is 6.54 Å². The van der Waals surface area contributed by atoms with Gasteiger partial charge in [-0.1, -0.05) is 50.9 Å². The van der Waals surface area contributed by atoms with Crippen LogP contribution in [0.15, 0.2) is 34.9 Å². The van der Waals surface area contributed by atoms with Crippen molar-refractivity contribution in [3.05, 3.63) is 52.7 Å². The molecular formula is C28H35N3O4. The van der Waals surface area contributed by atoms with Crippen LogP contribution >= 0.6 is 0 Å². The van der Waals surface area contributed by atoms with E-state index in [2.05, 4.69) is 41.8 Å². The first-order chi connectivity index (χ1) is 16.8. The number of aromatic nitrogens is 1. The molecular weight excluding hydrogens is 442 g/mol. The van der Waals surface area contributed by atoms with Crippen LogP contribution < -0.4 is 10.6 Å². The maximum atomic E-state index is 12.9. The van der Waals surface area contributed by atoms with Crippen LogP contribution in [0.5, 0.6) is 11.5 Å². The van der Waals surface area contributed by atoms with E-state index in [1.54, 1.807) is 6.07 Å². The number of carbonyl (C=O) groups excluding carboxylic acids is 1. The number of benzene rings is 2. The number of hydrogen-bond acceptors (Lipinski definition) is 6. The smallest absolute Gasteiger partial charge is 0.274 e. The molecule has 0 saturated heterocycles. The van der Waals surface area contributed by atoms with E-state index in [1.165, 1.54) is 17.2 Å². The molecule has 2 heterocycles. The molecule has 0 spiro atoms. The quantitative estimate of drug-likeness (QED) is 0.308. The number of hydrogen-bond donors (Lipinski definition) is 4. The second kappa shape index (κ2) is 10.1. The molecule has 1 aliphatic rings. The molecule has 7 nitrogen and oxygen atoms in total. The van der Waals surface area contributed by atoms with Crippen LogP contribution in [0.2, 0.25) is 0 Å². The minimum absolute atomic E-state index is 0.0163. The molecule has 0 radical (unpaired) electrons. The fraction of sp³-hybridized carbons (Fsp3) is 0.429. The number of carbonyl (C=O) groups is 1. The van der Waals surface area contributed by atoms with Crippen LogP contribution in [0.25, 0.3) is 22.5 Å². The fourth-order valence-electron chi connectivity index (χ4n) is 4.93. The molecule has 3 aromatic rings. The molecule has 0 bridgehead atoms. The lowest BCUT2D eigenvalue weighted by molar-refractivity contribution is 0.0947. The van der Waals surface area contributed by atoms with Crippen LogP contribution in [0.1, 0.15) is 99.1 Å². The largest absolute Gasteiger partial charge is 0.508 e. The summed E-state index contributed by atoms with van der Waals surface area (Å²) >= 11 is 0. The third kappa shape index (κ3) is 4.65. The number of rotatable bonds is 8. The highest BCUT2D eigenvalue weighted by atomic mass is 16.5. The van der Waals surface area contributed by atoms with Crippen LogP contribution in [-0.4, -0.2) is 27.8 Å². The summed E-state index contributed by atoms with van der Waals surface area (Å²) in [5.41, 5.74) is 5.03. The molecule has 2 atom stereocenters. The fourth-order valence-corrected chi connectivity index (χ4v) is 4.93. The highest BCUT2D eigenvalue weighted by molar-refractivity contribution is 6.02. The highest BCUT2D eigenvalue weighted by Gasteiger charge is 2.31. The van der Waals surface area contributed by atoms with Gasteiger partial charge in [0.2, 0.25) is 0 Å². The van der Waals surface area contributed by atoms with Gasteiger partial charge in [-0.25, -0.2) is 0 Å². The summed E-state index contributed by atoms with van der Waals surface area (Å²) in [6.07, 6.45) is 3.28. The Morgan fingerprint density at radius 2 is 1.91 bits per heavy atom. The van der Waals surface area contributed by atoms with Crippen LogP contribution in [0.3, 0.4) is 0 Å². The summed E-state index contributed by atoms with van der Waals surface area (Å²) < 4.78 is 5.72. The zero-order chi connectivity index (χ0) is 25.3. The summed E-state index contributed by atoms with van der Waals surface area (Å²) in [6.45, 7) is 10.6. The lowest BCUT2D eigenvalue weighted by atomic mass is 9.91. The van der Waals surface area contributed by atoms with Gasteiger partial charge >= 0.3 is 0 Å². The van der Waals surface area contributed by atoms with Crippen molar-refractivity contribution in [2.45, 2.75) is 71.9 Å². The van der Waals surface area contributed by atoms with Crippen molar-refractivity contribution < 1.29 is 19.5 Å². The van der Waals surface area contributed by atoms with Crippen molar-refractivity contribution in [1.29, 1.82) is 0 Å². The standard InChI is InChI=1S/C28H35N3O4/c1-6-8-9-22-20-12-17(10-11-18(20)16(5)30-22)25-26(28(34)29-7-2)31-35-27(25)21-13-19(15(3)4)23(32)14-24(21)33/h10-16,22,30,32-33H,6-9H2,1-5H3,(H,29,34). The Morgan fingerprint density at radius 3 is 2.60 bits per heavy atom. The number of unbranched alkanes of at least 4 members (excludes halogenated alkanes) is 1. The third-order valence-corrected chi connectivity index (χ3v) is 6.77. The SMILES string of the molecule is CCCCC1NC(C)c2ccc(-c3c(C(=O)NCC)noc3-c3cc(C(C)C)c(O)cc3O)cc21. The van der Waals surface area contributed by atoms with Gasteiger partial charge in [-0.3, -0.25) is 4.79 Å². The second-order valence-electron chi connectivity index (χ2n) is 9.60. The van der Waals surface area contributed by atoms with Crippen molar-refractivity contribution in [2.24, 2.45) is 0 Å². The molecule has 2 unspecified atom stereocenters.